The quantitative estimate of drug-likeness (QED) is 0.192. The standard InChI is InChI=1S/C27H21Br2N3O3S/c28-20-12-13-21-19(15-20)11-14-22(25(21)29)35-16-23(33)30-27(36)32-31-26(34)24(17-7-3-1-4-8-17)18-9-5-2-6-10-18/h1-15,24H,16H2,(H,31,34)(H2,30,32,33,36). The average Bonchev–Trinajstić information content (AvgIpc) is 2.88. The molecule has 0 fully saturated rings. The van der Waals surface area contributed by atoms with E-state index in [4.69, 9.17) is 17.0 Å². The number of hydrogen-bond acceptors (Lipinski definition) is 4. The van der Waals surface area contributed by atoms with E-state index in [1.165, 1.54) is 0 Å². The highest BCUT2D eigenvalue weighted by Gasteiger charge is 2.22. The van der Waals surface area contributed by atoms with Crippen molar-refractivity contribution in [3.05, 3.63) is 111 Å². The number of benzene rings is 4. The van der Waals surface area contributed by atoms with E-state index in [0.717, 1.165) is 30.8 Å². The second kappa shape index (κ2) is 12.1. The van der Waals surface area contributed by atoms with E-state index in [1.54, 1.807) is 6.07 Å². The van der Waals surface area contributed by atoms with Crippen LogP contribution in [0.15, 0.2) is 99.9 Å². The summed E-state index contributed by atoms with van der Waals surface area (Å²) >= 11 is 12.2. The molecular formula is C27H21Br2N3O3S. The fourth-order valence-corrected chi connectivity index (χ4v) is 4.82. The molecule has 6 nitrogen and oxygen atoms in total. The fraction of sp³-hybridized carbons (Fsp3) is 0.0741. The third kappa shape index (κ3) is 6.48. The normalized spacial score (nSPS) is 10.6. The van der Waals surface area contributed by atoms with Crippen molar-refractivity contribution in [3.8, 4) is 5.75 Å². The first-order valence-electron chi connectivity index (χ1n) is 10.9. The van der Waals surface area contributed by atoms with Crippen LogP contribution in [0, 0.1) is 0 Å². The molecule has 9 heteroatoms. The lowest BCUT2D eigenvalue weighted by atomic mass is 9.91. The van der Waals surface area contributed by atoms with Crippen molar-refractivity contribution >= 4 is 71.8 Å². The molecule has 0 aromatic heterocycles. The molecule has 4 rings (SSSR count). The van der Waals surface area contributed by atoms with E-state index >= 15 is 0 Å². The van der Waals surface area contributed by atoms with E-state index in [0.29, 0.717) is 5.75 Å². The van der Waals surface area contributed by atoms with Crippen molar-refractivity contribution in [2.24, 2.45) is 0 Å². The van der Waals surface area contributed by atoms with Gasteiger partial charge < -0.3 is 4.74 Å². The highest BCUT2D eigenvalue weighted by Crippen LogP contribution is 2.34. The molecule has 0 aliphatic rings. The number of hydrazine groups is 1. The molecule has 36 heavy (non-hydrogen) atoms. The van der Waals surface area contributed by atoms with Gasteiger partial charge in [-0.1, -0.05) is 88.7 Å². The molecule has 0 heterocycles. The second-order valence-corrected chi connectivity index (χ2v) is 9.89. The Morgan fingerprint density at radius 2 is 1.47 bits per heavy atom. The predicted octanol–water partition coefficient (Wildman–Crippen LogP) is 5.60. The van der Waals surface area contributed by atoms with Crippen LogP contribution in [0.25, 0.3) is 10.8 Å². The lowest BCUT2D eigenvalue weighted by Crippen LogP contribution is -2.50. The minimum atomic E-state index is -0.549. The first-order chi connectivity index (χ1) is 17.4. The van der Waals surface area contributed by atoms with Gasteiger partial charge in [0.05, 0.1) is 10.4 Å². The van der Waals surface area contributed by atoms with Crippen LogP contribution in [0.3, 0.4) is 0 Å². The third-order valence-electron chi connectivity index (χ3n) is 5.32. The number of nitrogens with one attached hydrogen (secondary N) is 3. The molecular weight excluding hydrogens is 606 g/mol. The van der Waals surface area contributed by atoms with E-state index in [-0.39, 0.29) is 17.6 Å². The molecule has 4 aromatic rings. The molecule has 0 aliphatic carbocycles. The number of rotatable bonds is 6. The highest BCUT2D eigenvalue weighted by molar-refractivity contribution is 9.11. The van der Waals surface area contributed by atoms with Crippen molar-refractivity contribution in [1.29, 1.82) is 0 Å². The van der Waals surface area contributed by atoms with Gasteiger partial charge in [-0.3, -0.25) is 25.8 Å². The number of carbonyl (C=O) groups excluding carboxylic acids is 2. The van der Waals surface area contributed by atoms with Crippen molar-refractivity contribution < 1.29 is 14.3 Å². The SMILES string of the molecule is O=C(COc1ccc2cc(Br)ccc2c1Br)NC(=S)NNC(=O)C(c1ccccc1)c1ccccc1. The molecule has 182 valence electrons. The minimum Gasteiger partial charge on any atom is -0.483 e. The zero-order valence-corrected chi connectivity index (χ0v) is 22.8. The van der Waals surface area contributed by atoms with Crippen LogP contribution in [0.2, 0.25) is 0 Å². The Kier molecular flexibility index (Phi) is 8.69. The van der Waals surface area contributed by atoms with Crippen LogP contribution >= 0.6 is 44.1 Å². The van der Waals surface area contributed by atoms with Gasteiger partial charge in [-0.15, -0.1) is 0 Å². The van der Waals surface area contributed by atoms with Crippen LogP contribution in [0.4, 0.5) is 0 Å². The maximum absolute atomic E-state index is 13.0. The second-order valence-electron chi connectivity index (χ2n) is 7.78. The van der Waals surface area contributed by atoms with Gasteiger partial charge in [0.25, 0.3) is 5.91 Å². The summed E-state index contributed by atoms with van der Waals surface area (Å²) in [4.78, 5) is 25.4. The summed E-state index contributed by atoms with van der Waals surface area (Å²) in [5.41, 5.74) is 6.86. The molecule has 0 aliphatic heterocycles. The van der Waals surface area contributed by atoms with E-state index in [2.05, 4.69) is 48.0 Å². The van der Waals surface area contributed by atoms with E-state index < -0.39 is 11.8 Å². The largest absolute Gasteiger partial charge is 0.483 e. The lowest BCUT2D eigenvalue weighted by molar-refractivity contribution is -0.123. The van der Waals surface area contributed by atoms with Crippen molar-refractivity contribution in [2.75, 3.05) is 6.61 Å². The fourth-order valence-electron chi connectivity index (χ4n) is 3.67. The Hall–Kier alpha value is -3.27. The summed E-state index contributed by atoms with van der Waals surface area (Å²) in [6, 6.07) is 28.4. The Balaban J connectivity index is 1.32. The molecule has 0 atom stereocenters. The van der Waals surface area contributed by atoms with Gasteiger partial charge in [0, 0.05) is 4.47 Å². The highest BCUT2D eigenvalue weighted by atomic mass is 79.9. The number of thiocarbonyl (C=S) groups is 1. The maximum Gasteiger partial charge on any atom is 0.264 e. The van der Waals surface area contributed by atoms with E-state index in [9.17, 15) is 9.59 Å². The Labute approximate surface area is 230 Å². The molecule has 4 aromatic carbocycles. The summed E-state index contributed by atoms with van der Waals surface area (Å²) in [6.07, 6.45) is 0. The average molecular weight is 627 g/mol. The summed E-state index contributed by atoms with van der Waals surface area (Å²) in [6.45, 7) is -0.257. The minimum absolute atomic E-state index is 0.0424. The molecule has 0 radical (unpaired) electrons. The first kappa shape index (κ1) is 25.8. The summed E-state index contributed by atoms with van der Waals surface area (Å²) in [5.74, 6) is -0.799. The third-order valence-corrected chi connectivity index (χ3v) is 6.83. The van der Waals surface area contributed by atoms with Gasteiger partial charge in [-0.05, 0) is 68.2 Å². The number of carbonyl (C=O) groups is 2. The van der Waals surface area contributed by atoms with Crippen LogP contribution in [-0.2, 0) is 9.59 Å². The van der Waals surface area contributed by atoms with Crippen molar-refractivity contribution in [3.63, 3.8) is 0 Å². The maximum atomic E-state index is 13.0. The molecule has 0 saturated heterocycles. The Bertz CT molecular complexity index is 1360. The molecule has 0 unspecified atom stereocenters. The van der Waals surface area contributed by atoms with Crippen molar-refractivity contribution in [2.45, 2.75) is 5.92 Å². The molecule has 0 saturated carbocycles. The zero-order chi connectivity index (χ0) is 25.5. The van der Waals surface area contributed by atoms with Gasteiger partial charge in [0.2, 0.25) is 5.91 Å². The van der Waals surface area contributed by atoms with Crippen LogP contribution in [-0.4, -0.2) is 23.5 Å². The summed E-state index contributed by atoms with van der Waals surface area (Å²) < 4.78 is 7.40. The van der Waals surface area contributed by atoms with Crippen LogP contribution in [0.1, 0.15) is 17.0 Å². The first-order valence-corrected chi connectivity index (χ1v) is 12.9. The van der Waals surface area contributed by atoms with Gasteiger partial charge in [0.1, 0.15) is 5.75 Å². The number of halogens is 2. The summed E-state index contributed by atoms with van der Waals surface area (Å²) in [7, 11) is 0. The number of amides is 2. The van der Waals surface area contributed by atoms with Crippen LogP contribution in [0.5, 0.6) is 5.75 Å². The molecule has 3 N–H and O–H groups in total. The van der Waals surface area contributed by atoms with Gasteiger partial charge in [0.15, 0.2) is 11.7 Å². The van der Waals surface area contributed by atoms with Gasteiger partial charge in [-0.2, -0.15) is 0 Å². The Morgan fingerprint density at radius 1 is 0.833 bits per heavy atom. The lowest BCUT2D eigenvalue weighted by Gasteiger charge is -2.19. The van der Waals surface area contributed by atoms with Gasteiger partial charge in [-0.25, -0.2) is 0 Å². The number of fused-ring (bicyclic) bond motifs is 1. The zero-order valence-electron chi connectivity index (χ0n) is 18.8. The van der Waals surface area contributed by atoms with E-state index in [1.807, 2.05) is 84.9 Å². The molecule has 2 amide bonds. The van der Waals surface area contributed by atoms with Crippen molar-refractivity contribution in [1.82, 2.24) is 16.2 Å². The molecule has 0 spiro atoms. The molecule has 0 bridgehead atoms. The predicted molar refractivity (Wildman–Crippen MR) is 152 cm³/mol. The summed E-state index contributed by atoms with van der Waals surface area (Å²) in [5, 5.41) is 4.45. The monoisotopic (exact) mass is 625 g/mol. The van der Waals surface area contributed by atoms with Gasteiger partial charge >= 0.3 is 0 Å². The Morgan fingerprint density at radius 3 is 2.11 bits per heavy atom. The topological polar surface area (TPSA) is 79.5 Å². The smallest absolute Gasteiger partial charge is 0.264 e. The number of hydrogen-bond donors (Lipinski definition) is 3. The number of ether oxygens (including phenoxy) is 1. The van der Waals surface area contributed by atoms with Crippen LogP contribution < -0.4 is 20.9 Å².